The van der Waals surface area contributed by atoms with Gasteiger partial charge in [-0.1, -0.05) is 6.92 Å². The molecule has 0 bridgehead atoms. The summed E-state index contributed by atoms with van der Waals surface area (Å²) in [4.78, 5) is 30.4. The minimum absolute atomic E-state index is 0.0975. The number of likely N-dealkylation sites (N-methyl/N-ethyl adjacent to an activating group) is 1. The van der Waals surface area contributed by atoms with E-state index in [9.17, 15) is 9.59 Å². The maximum Gasteiger partial charge on any atom is 0.360 e. The van der Waals surface area contributed by atoms with Crippen molar-refractivity contribution in [3.63, 3.8) is 0 Å². The highest BCUT2D eigenvalue weighted by molar-refractivity contribution is 5.86. The Morgan fingerprint density at radius 3 is 2.60 bits per heavy atom. The molecule has 0 saturated carbocycles. The van der Waals surface area contributed by atoms with Crippen molar-refractivity contribution in [2.75, 3.05) is 41.5 Å². The fourth-order valence-corrected chi connectivity index (χ4v) is 3.33. The second-order valence-corrected chi connectivity index (χ2v) is 8.05. The molecule has 2 rings (SSSR count). The van der Waals surface area contributed by atoms with Crippen molar-refractivity contribution in [2.45, 2.75) is 57.1 Å². The summed E-state index contributed by atoms with van der Waals surface area (Å²) in [6.07, 6.45) is 0.611. The largest absolute Gasteiger partial charge is 0.464 e. The van der Waals surface area contributed by atoms with Crippen LogP contribution in [0.4, 0.5) is 0 Å². The zero-order valence-electron chi connectivity index (χ0n) is 18.8. The van der Waals surface area contributed by atoms with E-state index in [1.165, 1.54) is 13.4 Å². The fraction of sp³-hybridized carbons (Fsp3) is 0.750. The van der Waals surface area contributed by atoms with Crippen LogP contribution < -0.4 is 5.32 Å². The van der Waals surface area contributed by atoms with Crippen LogP contribution in [0.2, 0.25) is 0 Å². The Morgan fingerprint density at radius 1 is 1.30 bits per heavy atom. The third-order valence-corrected chi connectivity index (χ3v) is 4.98. The molecule has 0 aromatic carbocycles. The number of oxazole rings is 1. The molecule has 1 saturated heterocycles. The first kappa shape index (κ1) is 24.3. The molecule has 1 N–H and O–H groups in total. The lowest BCUT2D eigenvalue weighted by Gasteiger charge is -2.30. The molecule has 0 unspecified atom stereocenters. The molecule has 10 heteroatoms. The number of methoxy groups -OCH3 is 2. The number of nitrogens with zero attached hydrogens (tertiary/aromatic N) is 2. The topological polar surface area (TPSA) is 112 Å². The predicted octanol–water partition coefficient (Wildman–Crippen LogP) is 1.17. The monoisotopic (exact) mass is 427 g/mol. The summed E-state index contributed by atoms with van der Waals surface area (Å²) in [7, 11) is 6.72. The van der Waals surface area contributed by atoms with Gasteiger partial charge in [0, 0.05) is 19.6 Å². The molecule has 4 atom stereocenters. The van der Waals surface area contributed by atoms with Crippen molar-refractivity contribution in [3.05, 3.63) is 17.8 Å². The van der Waals surface area contributed by atoms with Crippen LogP contribution >= 0.6 is 0 Å². The number of esters is 1. The summed E-state index contributed by atoms with van der Waals surface area (Å²) in [5, 5.41) is 2.91. The van der Waals surface area contributed by atoms with E-state index in [4.69, 9.17) is 18.6 Å². The van der Waals surface area contributed by atoms with Crippen LogP contribution in [0.15, 0.2) is 10.7 Å². The standard InChI is InChI=1S/C20H33N3O7/c1-12(18-22-13(10-28-18)19(25)27-7)8-9-21-17(24)16-15(29-20(2,3)30-16)14(11-26-6)23(4)5/h10,12,14-16H,8-9,11H2,1-7H3,(H,21,24)/t12-,14-,15-,16-/m1/s1. The summed E-state index contributed by atoms with van der Waals surface area (Å²) in [5.41, 5.74) is 0.123. The molecule has 1 aromatic heterocycles. The summed E-state index contributed by atoms with van der Waals surface area (Å²) in [5.74, 6) is -1.35. The smallest absolute Gasteiger partial charge is 0.360 e. The van der Waals surface area contributed by atoms with Crippen LogP contribution in [0.1, 0.15) is 49.5 Å². The van der Waals surface area contributed by atoms with Crippen molar-refractivity contribution in [2.24, 2.45) is 0 Å². The molecule has 1 amide bonds. The van der Waals surface area contributed by atoms with Gasteiger partial charge in [-0.2, -0.15) is 0 Å². The minimum Gasteiger partial charge on any atom is -0.464 e. The molecule has 2 heterocycles. The zero-order chi connectivity index (χ0) is 22.5. The van der Waals surface area contributed by atoms with Gasteiger partial charge >= 0.3 is 5.97 Å². The van der Waals surface area contributed by atoms with Crippen molar-refractivity contribution in [3.8, 4) is 0 Å². The first-order valence-electron chi connectivity index (χ1n) is 9.92. The van der Waals surface area contributed by atoms with E-state index in [1.807, 2.05) is 25.9 Å². The third kappa shape index (κ3) is 6.00. The van der Waals surface area contributed by atoms with E-state index >= 15 is 0 Å². The zero-order valence-corrected chi connectivity index (χ0v) is 18.8. The molecular weight excluding hydrogens is 394 g/mol. The van der Waals surface area contributed by atoms with Crippen LogP contribution in [0.25, 0.3) is 0 Å². The first-order chi connectivity index (χ1) is 14.1. The third-order valence-electron chi connectivity index (χ3n) is 4.98. The number of rotatable bonds is 10. The molecule has 170 valence electrons. The van der Waals surface area contributed by atoms with E-state index in [-0.39, 0.29) is 23.6 Å². The molecule has 1 aromatic rings. The van der Waals surface area contributed by atoms with E-state index in [0.29, 0.717) is 25.5 Å². The summed E-state index contributed by atoms with van der Waals surface area (Å²) < 4.78 is 27.2. The average molecular weight is 427 g/mol. The van der Waals surface area contributed by atoms with Gasteiger partial charge in [-0.3, -0.25) is 4.79 Å². The van der Waals surface area contributed by atoms with Crippen LogP contribution in [-0.4, -0.2) is 87.3 Å². The second kappa shape index (κ2) is 10.3. The number of nitrogens with one attached hydrogen (secondary N) is 1. The molecule has 10 nitrogen and oxygen atoms in total. The maximum absolute atomic E-state index is 12.8. The molecule has 1 aliphatic rings. The van der Waals surface area contributed by atoms with Crippen molar-refractivity contribution >= 4 is 11.9 Å². The highest BCUT2D eigenvalue weighted by atomic mass is 16.8. The Morgan fingerprint density at radius 2 is 2.00 bits per heavy atom. The van der Waals surface area contributed by atoms with Crippen LogP contribution in [0, 0.1) is 0 Å². The SMILES string of the molecule is COC[C@H]([C@H]1OC(C)(C)O[C@H]1C(=O)NCC[C@@H](C)c1nc(C(=O)OC)co1)N(C)C. The fourth-order valence-electron chi connectivity index (χ4n) is 3.33. The maximum atomic E-state index is 12.8. The van der Waals surface area contributed by atoms with E-state index in [2.05, 4.69) is 15.0 Å². The lowest BCUT2D eigenvalue weighted by Crippen LogP contribution is -2.52. The molecule has 30 heavy (non-hydrogen) atoms. The number of hydrogen-bond donors (Lipinski definition) is 1. The number of amides is 1. The van der Waals surface area contributed by atoms with Gasteiger partial charge < -0.3 is 33.6 Å². The number of carbonyl (C=O) groups is 2. The minimum atomic E-state index is -0.871. The number of ether oxygens (including phenoxy) is 4. The predicted molar refractivity (Wildman–Crippen MR) is 107 cm³/mol. The van der Waals surface area contributed by atoms with E-state index in [1.54, 1.807) is 21.0 Å². The highest BCUT2D eigenvalue weighted by Gasteiger charge is 2.49. The van der Waals surface area contributed by atoms with Crippen molar-refractivity contribution in [1.29, 1.82) is 0 Å². The van der Waals surface area contributed by atoms with Crippen LogP contribution in [0.3, 0.4) is 0 Å². The van der Waals surface area contributed by atoms with Gasteiger partial charge in [0.15, 0.2) is 23.5 Å². The molecule has 1 fully saturated rings. The molecule has 0 aliphatic carbocycles. The molecule has 0 spiro atoms. The first-order valence-corrected chi connectivity index (χ1v) is 9.92. The van der Waals surface area contributed by atoms with Gasteiger partial charge in [-0.25, -0.2) is 9.78 Å². The quantitative estimate of drug-likeness (QED) is 0.550. The Kier molecular flexibility index (Phi) is 8.36. The van der Waals surface area contributed by atoms with E-state index < -0.39 is 24.0 Å². The van der Waals surface area contributed by atoms with Gasteiger partial charge in [0.2, 0.25) is 0 Å². The number of hydrogen-bond acceptors (Lipinski definition) is 9. The summed E-state index contributed by atoms with van der Waals surface area (Å²) in [6, 6.07) is -0.143. The Hall–Kier alpha value is -2.01. The van der Waals surface area contributed by atoms with Gasteiger partial charge in [0.1, 0.15) is 12.4 Å². The van der Waals surface area contributed by atoms with Crippen LogP contribution in [0.5, 0.6) is 0 Å². The molecule has 1 aliphatic heterocycles. The second-order valence-electron chi connectivity index (χ2n) is 8.05. The Labute approximate surface area is 177 Å². The number of carbonyl (C=O) groups excluding carboxylic acids is 2. The van der Waals surface area contributed by atoms with Crippen molar-refractivity contribution < 1.29 is 33.0 Å². The summed E-state index contributed by atoms with van der Waals surface area (Å²) in [6.45, 7) is 6.28. The normalized spacial score (nSPS) is 22.7. The van der Waals surface area contributed by atoms with Gasteiger partial charge in [-0.15, -0.1) is 0 Å². The van der Waals surface area contributed by atoms with Gasteiger partial charge in [0.25, 0.3) is 5.91 Å². The van der Waals surface area contributed by atoms with Gasteiger partial charge in [0.05, 0.1) is 19.8 Å². The van der Waals surface area contributed by atoms with Crippen LogP contribution in [-0.2, 0) is 23.7 Å². The average Bonchev–Trinajstić information content (AvgIpc) is 3.29. The Balaban J connectivity index is 1.95. The van der Waals surface area contributed by atoms with E-state index in [0.717, 1.165) is 0 Å². The lowest BCUT2D eigenvalue weighted by molar-refractivity contribution is -0.158. The van der Waals surface area contributed by atoms with Gasteiger partial charge in [-0.05, 0) is 34.4 Å². The molecular formula is C20H33N3O7. The summed E-state index contributed by atoms with van der Waals surface area (Å²) >= 11 is 0. The highest BCUT2D eigenvalue weighted by Crippen LogP contribution is 2.31. The number of aromatic nitrogens is 1. The molecule has 0 radical (unpaired) electrons. The lowest BCUT2D eigenvalue weighted by atomic mass is 10.0. The van der Waals surface area contributed by atoms with Crippen molar-refractivity contribution in [1.82, 2.24) is 15.2 Å². The Bertz CT molecular complexity index is 719.